The molecule has 2 N–H and O–H groups in total. The van der Waals surface area contributed by atoms with E-state index in [2.05, 4.69) is 0 Å². The van der Waals surface area contributed by atoms with Crippen LogP contribution >= 0.6 is 0 Å². The van der Waals surface area contributed by atoms with E-state index in [-0.39, 0.29) is 16.6 Å². The smallest absolute Gasteiger partial charge is 0.178 e. The Morgan fingerprint density at radius 3 is 2.00 bits per heavy atom. The van der Waals surface area contributed by atoms with Crippen LogP contribution in [0.15, 0.2) is 29.2 Å². The summed E-state index contributed by atoms with van der Waals surface area (Å²) in [5, 5.41) is 20.5. The van der Waals surface area contributed by atoms with Crippen molar-refractivity contribution in [3.05, 3.63) is 29.8 Å². The molecule has 4 nitrogen and oxygen atoms in total. The predicted octanol–water partition coefficient (Wildman–Crippen LogP) is 2.17. The molecule has 0 saturated heterocycles. The lowest BCUT2D eigenvalue weighted by molar-refractivity contribution is -0.0518. The first-order valence-electron chi connectivity index (χ1n) is 7.15. The molecule has 0 aliphatic carbocycles. The van der Waals surface area contributed by atoms with Crippen LogP contribution in [0, 0.1) is 18.8 Å². The largest absolute Gasteiger partial charge is 0.392 e. The Kier molecular flexibility index (Phi) is 5.58. The van der Waals surface area contributed by atoms with Gasteiger partial charge in [0.25, 0.3) is 0 Å². The van der Waals surface area contributed by atoms with Gasteiger partial charge in [0.15, 0.2) is 9.84 Å². The van der Waals surface area contributed by atoms with E-state index in [1.54, 1.807) is 24.3 Å². The molecule has 0 radical (unpaired) electrons. The molecule has 120 valence electrons. The predicted molar refractivity (Wildman–Crippen MR) is 83.9 cm³/mol. The van der Waals surface area contributed by atoms with Crippen LogP contribution in [0.25, 0.3) is 0 Å². The SMILES string of the molecule is Cc1ccc(S(=O)(=O)C[C@H]([C@H](O)C(C)C)C(C)(C)O)cc1. The highest BCUT2D eigenvalue weighted by Gasteiger charge is 2.38. The van der Waals surface area contributed by atoms with Crippen molar-refractivity contribution in [2.75, 3.05) is 5.75 Å². The van der Waals surface area contributed by atoms with Crippen LogP contribution in [0.2, 0.25) is 0 Å². The summed E-state index contributed by atoms with van der Waals surface area (Å²) in [7, 11) is -3.56. The summed E-state index contributed by atoms with van der Waals surface area (Å²) in [5.74, 6) is -1.16. The molecule has 0 amide bonds. The van der Waals surface area contributed by atoms with E-state index < -0.39 is 27.5 Å². The lowest BCUT2D eigenvalue weighted by atomic mass is 9.83. The van der Waals surface area contributed by atoms with Gasteiger partial charge in [0, 0.05) is 5.92 Å². The number of aryl methyl sites for hydroxylation is 1. The zero-order chi connectivity index (χ0) is 16.4. The lowest BCUT2D eigenvalue weighted by Crippen LogP contribution is -2.45. The van der Waals surface area contributed by atoms with Crippen molar-refractivity contribution in [2.45, 2.75) is 51.2 Å². The second kappa shape index (κ2) is 6.46. The Hall–Kier alpha value is -0.910. The molecule has 0 aliphatic rings. The standard InChI is InChI=1S/C16H26O4S/c1-11(2)15(17)14(16(4,5)18)10-21(19,20)13-8-6-12(3)7-9-13/h6-9,11,14-15,17-18H,10H2,1-5H3/t14-,15-/m1/s1. The van der Waals surface area contributed by atoms with Crippen LogP contribution < -0.4 is 0 Å². The van der Waals surface area contributed by atoms with Crippen LogP contribution in [-0.4, -0.2) is 36.1 Å². The maximum atomic E-state index is 12.5. The van der Waals surface area contributed by atoms with E-state index in [4.69, 9.17) is 0 Å². The molecule has 0 bridgehead atoms. The third kappa shape index (κ3) is 4.80. The number of hydrogen-bond donors (Lipinski definition) is 2. The number of hydrogen-bond acceptors (Lipinski definition) is 4. The minimum absolute atomic E-state index is 0.130. The van der Waals surface area contributed by atoms with Crippen molar-refractivity contribution in [1.82, 2.24) is 0 Å². The molecule has 0 unspecified atom stereocenters. The molecule has 1 aromatic carbocycles. The molecular formula is C16H26O4S. The zero-order valence-electron chi connectivity index (χ0n) is 13.4. The molecule has 2 atom stereocenters. The monoisotopic (exact) mass is 314 g/mol. The van der Waals surface area contributed by atoms with Crippen molar-refractivity contribution in [1.29, 1.82) is 0 Å². The fourth-order valence-electron chi connectivity index (χ4n) is 2.26. The maximum absolute atomic E-state index is 12.5. The highest BCUT2D eigenvalue weighted by Crippen LogP contribution is 2.28. The van der Waals surface area contributed by atoms with Gasteiger partial charge in [-0.2, -0.15) is 0 Å². The molecule has 1 rings (SSSR count). The number of aliphatic hydroxyl groups is 2. The minimum atomic E-state index is -3.56. The summed E-state index contributed by atoms with van der Waals surface area (Å²) in [6.07, 6.45) is -0.884. The lowest BCUT2D eigenvalue weighted by Gasteiger charge is -2.34. The Morgan fingerprint density at radius 2 is 1.62 bits per heavy atom. The topological polar surface area (TPSA) is 74.6 Å². The van der Waals surface area contributed by atoms with E-state index in [0.717, 1.165) is 5.56 Å². The third-order valence-electron chi connectivity index (χ3n) is 3.78. The molecule has 0 aliphatic heterocycles. The summed E-state index contributed by atoms with van der Waals surface area (Å²) < 4.78 is 25.0. The second-order valence-corrected chi connectivity index (χ2v) is 8.62. The van der Waals surface area contributed by atoms with E-state index in [1.807, 2.05) is 20.8 Å². The van der Waals surface area contributed by atoms with Crippen molar-refractivity contribution in [2.24, 2.45) is 11.8 Å². The normalized spacial score (nSPS) is 16.0. The Bertz CT molecular complexity index is 553. The molecular weight excluding hydrogens is 288 g/mol. The van der Waals surface area contributed by atoms with Crippen LogP contribution in [0.1, 0.15) is 33.3 Å². The van der Waals surface area contributed by atoms with Gasteiger partial charge in [-0.1, -0.05) is 31.5 Å². The molecule has 0 spiro atoms. The summed E-state index contributed by atoms with van der Waals surface area (Å²) in [6.45, 7) is 8.57. The highest BCUT2D eigenvalue weighted by molar-refractivity contribution is 7.91. The van der Waals surface area contributed by atoms with Gasteiger partial charge >= 0.3 is 0 Å². The molecule has 0 aromatic heterocycles. The van der Waals surface area contributed by atoms with Gasteiger partial charge in [0.05, 0.1) is 22.4 Å². The van der Waals surface area contributed by atoms with Crippen LogP contribution in [0.3, 0.4) is 0 Å². The van der Waals surface area contributed by atoms with E-state index in [0.29, 0.717) is 0 Å². The van der Waals surface area contributed by atoms with Gasteiger partial charge in [-0.15, -0.1) is 0 Å². The summed E-state index contributed by atoms with van der Waals surface area (Å²) in [6, 6.07) is 6.61. The van der Waals surface area contributed by atoms with Gasteiger partial charge in [0.2, 0.25) is 0 Å². The Balaban J connectivity index is 3.10. The van der Waals surface area contributed by atoms with Gasteiger partial charge in [0.1, 0.15) is 0 Å². The Morgan fingerprint density at radius 1 is 1.14 bits per heavy atom. The van der Waals surface area contributed by atoms with Gasteiger partial charge in [-0.05, 0) is 38.8 Å². The van der Waals surface area contributed by atoms with Crippen molar-refractivity contribution < 1.29 is 18.6 Å². The maximum Gasteiger partial charge on any atom is 0.178 e. The van der Waals surface area contributed by atoms with E-state index in [1.165, 1.54) is 13.8 Å². The third-order valence-corrected chi connectivity index (χ3v) is 5.57. The Labute approximate surface area is 127 Å². The molecule has 0 saturated carbocycles. The van der Waals surface area contributed by atoms with Crippen LogP contribution in [-0.2, 0) is 9.84 Å². The summed E-state index contributed by atoms with van der Waals surface area (Å²) >= 11 is 0. The first-order chi connectivity index (χ1) is 9.45. The minimum Gasteiger partial charge on any atom is -0.392 e. The second-order valence-electron chi connectivity index (χ2n) is 6.59. The van der Waals surface area contributed by atoms with Crippen molar-refractivity contribution in [3.63, 3.8) is 0 Å². The molecule has 1 aromatic rings. The molecule has 5 heteroatoms. The molecule has 0 fully saturated rings. The number of benzene rings is 1. The fourth-order valence-corrected chi connectivity index (χ4v) is 4.08. The quantitative estimate of drug-likeness (QED) is 0.844. The summed E-state index contributed by atoms with van der Waals surface area (Å²) in [5.41, 5.74) is -0.295. The van der Waals surface area contributed by atoms with Crippen molar-refractivity contribution in [3.8, 4) is 0 Å². The molecule has 21 heavy (non-hydrogen) atoms. The fraction of sp³-hybridized carbons (Fsp3) is 0.625. The van der Waals surface area contributed by atoms with Gasteiger partial charge in [-0.3, -0.25) is 0 Å². The number of sulfone groups is 1. The van der Waals surface area contributed by atoms with E-state index >= 15 is 0 Å². The van der Waals surface area contributed by atoms with E-state index in [9.17, 15) is 18.6 Å². The first kappa shape index (κ1) is 18.1. The number of aliphatic hydroxyl groups excluding tert-OH is 1. The van der Waals surface area contributed by atoms with Crippen LogP contribution in [0.4, 0.5) is 0 Å². The number of rotatable bonds is 6. The summed E-state index contributed by atoms with van der Waals surface area (Å²) in [4.78, 5) is 0.221. The van der Waals surface area contributed by atoms with Crippen LogP contribution in [0.5, 0.6) is 0 Å². The average Bonchev–Trinajstić information content (AvgIpc) is 2.34. The zero-order valence-corrected chi connectivity index (χ0v) is 14.2. The first-order valence-corrected chi connectivity index (χ1v) is 8.80. The van der Waals surface area contributed by atoms with Crippen molar-refractivity contribution >= 4 is 9.84 Å². The highest BCUT2D eigenvalue weighted by atomic mass is 32.2. The van der Waals surface area contributed by atoms with Gasteiger partial charge in [-0.25, -0.2) is 8.42 Å². The molecule has 0 heterocycles. The van der Waals surface area contributed by atoms with Gasteiger partial charge < -0.3 is 10.2 Å². The average molecular weight is 314 g/mol.